The van der Waals surface area contributed by atoms with Gasteiger partial charge in [-0.2, -0.15) is 13.8 Å². The summed E-state index contributed by atoms with van der Waals surface area (Å²) in [5.41, 5.74) is 3.67. The number of rotatable bonds is 6. The van der Waals surface area contributed by atoms with Gasteiger partial charge in [-0.1, -0.05) is 54.6 Å². The number of nitrogens with zero attached hydrogens (tertiary/aromatic N) is 1. The van der Waals surface area contributed by atoms with E-state index in [1.165, 1.54) is 12.1 Å². The number of hydrogen-bond donors (Lipinski definition) is 1. The first-order valence-corrected chi connectivity index (χ1v) is 12.5. The summed E-state index contributed by atoms with van der Waals surface area (Å²) in [7, 11) is -0.863. The highest BCUT2D eigenvalue weighted by molar-refractivity contribution is 6.56. The number of aromatic nitrogens is 1. The van der Waals surface area contributed by atoms with Gasteiger partial charge < -0.3 is 19.4 Å². The molecular formula is C29H29BF2N2O4. The van der Waals surface area contributed by atoms with E-state index in [-0.39, 0.29) is 24.6 Å². The van der Waals surface area contributed by atoms with Crippen LogP contribution in [0.2, 0.25) is 0 Å². The van der Waals surface area contributed by atoms with E-state index in [0.29, 0.717) is 5.47 Å². The third kappa shape index (κ3) is 4.96. The number of pyridine rings is 1. The molecule has 9 heteroatoms. The zero-order valence-electron chi connectivity index (χ0n) is 21.8. The SMILES string of the molecule is CC1(C)OB(C(=Cc2ccc(F)nc2F)CNC(=O)OCC2c3ccccc3-c3ccccc32)OC1(C)C. The Balaban J connectivity index is 1.31. The first kappa shape index (κ1) is 26.1. The van der Waals surface area contributed by atoms with Crippen LogP contribution in [-0.4, -0.2) is 42.5 Å². The quantitative estimate of drug-likeness (QED) is 0.325. The standard InChI is InChI=1S/C29H29BF2N2O4/c1-28(2)29(3,4)38-30(37-28)19(15-18-13-14-25(31)34-26(18)32)16-33-27(35)36-17-24-22-11-7-5-9-20(22)21-10-6-8-12-23(21)24/h5-15,24H,16-17H2,1-4H3,(H,33,35). The summed E-state index contributed by atoms with van der Waals surface area (Å²) in [5.74, 6) is -1.97. The highest BCUT2D eigenvalue weighted by Crippen LogP contribution is 2.44. The maximum atomic E-state index is 14.3. The highest BCUT2D eigenvalue weighted by Gasteiger charge is 2.52. The third-order valence-corrected chi connectivity index (χ3v) is 7.52. The summed E-state index contributed by atoms with van der Waals surface area (Å²) in [6, 6.07) is 18.5. The number of ether oxygens (including phenoxy) is 1. The first-order valence-electron chi connectivity index (χ1n) is 12.5. The van der Waals surface area contributed by atoms with Gasteiger partial charge in [0, 0.05) is 18.0 Å². The van der Waals surface area contributed by atoms with Crippen LogP contribution < -0.4 is 5.32 Å². The van der Waals surface area contributed by atoms with Gasteiger partial charge in [-0.15, -0.1) is 0 Å². The van der Waals surface area contributed by atoms with E-state index >= 15 is 0 Å². The molecule has 1 fully saturated rings. The van der Waals surface area contributed by atoms with Crippen LogP contribution in [0.5, 0.6) is 0 Å². The number of nitrogens with one attached hydrogen (secondary N) is 1. The average Bonchev–Trinajstić information content (AvgIpc) is 3.30. The predicted octanol–water partition coefficient (Wildman–Crippen LogP) is 5.91. The molecule has 0 spiro atoms. The predicted molar refractivity (Wildman–Crippen MR) is 141 cm³/mol. The lowest BCUT2D eigenvalue weighted by molar-refractivity contribution is 0.00578. The van der Waals surface area contributed by atoms with E-state index in [9.17, 15) is 13.6 Å². The summed E-state index contributed by atoms with van der Waals surface area (Å²) < 4.78 is 45.6. The minimum absolute atomic E-state index is 0.0374. The monoisotopic (exact) mass is 518 g/mol. The Hall–Kier alpha value is -3.56. The molecule has 0 atom stereocenters. The normalized spacial score (nSPS) is 17.7. The fourth-order valence-corrected chi connectivity index (χ4v) is 4.75. The van der Waals surface area contributed by atoms with E-state index in [2.05, 4.69) is 22.4 Å². The average molecular weight is 518 g/mol. The van der Waals surface area contributed by atoms with Crippen LogP contribution in [-0.2, 0) is 14.0 Å². The van der Waals surface area contributed by atoms with Crippen LogP contribution in [0.4, 0.5) is 13.6 Å². The molecule has 2 aliphatic rings. The van der Waals surface area contributed by atoms with E-state index in [4.69, 9.17) is 14.0 Å². The Bertz CT molecular complexity index is 1350. The van der Waals surface area contributed by atoms with Crippen LogP contribution >= 0.6 is 0 Å². The number of benzene rings is 2. The Morgan fingerprint density at radius 3 is 2.13 bits per heavy atom. The molecule has 3 aromatic rings. The van der Waals surface area contributed by atoms with Crippen LogP contribution in [0.3, 0.4) is 0 Å². The maximum Gasteiger partial charge on any atom is 0.492 e. The van der Waals surface area contributed by atoms with Crippen molar-refractivity contribution in [3.63, 3.8) is 0 Å². The van der Waals surface area contributed by atoms with Gasteiger partial charge in [-0.25, -0.2) is 4.79 Å². The number of carbonyl (C=O) groups excluding carboxylic acids is 1. The molecule has 1 amide bonds. The minimum atomic E-state index is -0.972. The lowest BCUT2D eigenvalue weighted by Gasteiger charge is -2.32. The summed E-state index contributed by atoms with van der Waals surface area (Å²) >= 11 is 0. The molecule has 38 heavy (non-hydrogen) atoms. The Labute approximate surface area is 221 Å². The third-order valence-electron chi connectivity index (χ3n) is 7.52. The van der Waals surface area contributed by atoms with Crippen molar-refractivity contribution in [1.29, 1.82) is 0 Å². The zero-order valence-corrected chi connectivity index (χ0v) is 21.8. The van der Waals surface area contributed by atoms with E-state index in [1.807, 2.05) is 64.1 Å². The van der Waals surface area contributed by atoms with Gasteiger partial charge >= 0.3 is 13.2 Å². The molecule has 6 nitrogen and oxygen atoms in total. The largest absolute Gasteiger partial charge is 0.492 e. The molecule has 1 aromatic heterocycles. The van der Waals surface area contributed by atoms with Crippen molar-refractivity contribution in [2.24, 2.45) is 0 Å². The van der Waals surface area contributed by atoms with E-state index in [0.717, 1.165) is 28.3 Å². The van der Waals surface area contributed by atoms with E-state index < -0.39 is 36.3 Å². The fraction of sp³-hybridized carbons (Fsp3) is 0.310. The molecule has 0 saturated carbocycles. The van der Waals surface area contributed by atoms with Crippen LogP contribution in [0.1, 0.15) is 50.3 Å². The van der Waals surface area contributed by atoms with Crippen molar-refractivity contribution < 1.29 is 27.6 Å². The lowest BCUT2D eigenvalue weighted by atomic mass is 9.77. The van der Waals surface area contributed by atoms with Crippen LogP contribution in [0, 0.1) is 11.9 Å². The molecular weight excluding hydrogens is 489 g/mol. The Morgan fingerprint density at radius 2 is 1.55 bits per heavy atom. The second kappa shape index (κ2) is 9.96. The van der Waals surface area contributed by atoms with Crippen LogP contribution in [0.25, 0.3) is 17.2 Å². The Kier molecular flexibility index (Phi) is 6.83. The molecule has 0 bridgehead atoms. The molecule has 1 aliphatic heterocycles. The molecule has 1 aliphatic carbocycles. The van der Waals surface area contributed by atoms with Crippen molar-refractivity contribution in [2.45, 2.75) is 44.8 Å². The summed E-state index contributed by atoms with van der Waals surface area (Å²) in [4.78, 5) is 16.0. The maximum absolute atomic E-state index is 14.3. The molecule has 2 heterocycles. The van der Waals surface area contributed by atoms with Gasteiger partial charge in [-0.3, -0.25) is 0 Å². The summed E-state index contributed by atoms with van der Waals surface area (Å²) in [5, 5.41) is 2.73. The fourth-order valence-electron chi connectivity index (χ4n) is 4.75. The van der Waals surface area contributed by atoms with Gasteiger partial charge in [0.1, 0.15) is 6.61 Å². The molecule has 0 radical (unpaired) electrons. The molecule has 0 unspecified atom stereocenters. The summed E-state index contributed by atoms with van der Waals surface area (Å²) in [6.45, 7) is 7.69. The smallest absolute Gasteiger partial charge is 0.449 e. The number of alkyl carbamates (subject to hydrolysis) is 1. The van der Waals surface area contributed by atoms with Gasteiger partial charge in [0.05, 0.1) is 11.2 Å². The first-order chi connectivity index (χ1) is 18.1. The van der Waals surface area contributed by atoms with Gasteiger partial charge in [0.25, 0.3) is 0 Å². The number of halogens is 2. The van der Waals surface area contributed by atoms with E-state index in [1.54, 1.807) is 0 Å². The van der Waals surface area contributed by atoms with Crippen molar-refractivity contribution in [1.82, 2.24) is 10.3 Å². The zero-order chi connectivity index (χ0) is 27.1. The van der Waals surface area contributed by atoms with Gasteiger partial charge in [0.2, 0.25) is 11.9 Å². The molecule has 196 valence electrons. The van der Waals surface area contributed by atoms with Gasteiger partial charge in [-0.05, 0) is 67.6 Å². The molecule has 5 rings (SSSR count). The topological polar surface area (TPSA) is 69.7 Å². The molecule has 1 saturated heterocycles. The van der Waals surface area contributed by atoms with Gasteiger partial charge in [0.15, 0.2) is 0 Å². The van der Waals surface area contributed by atoms with Crippen molar-refractivity contribution in [3.05, 3.63) is 94.7 Å². The number of hydrogen-bond acceptors (Lipinski definition) is 5. The van der Waals surface area contributed by atoms with Crippen molar-refractivity contribution in [2.75, 3.05) is 13.2 Å². The van der Waals surface area contributed by atoms with Crippen molar-refractivity contribution >= 4 is 19.3 Å². The summed E-state index contributed by atoms with van der Waals surface area (Å²) in [6.07, 6.45) is 0.820. The number of fused-ring (bicyclic) bond motifs is 3. The second-order valence-corrected chi connectivity index (χ2v) is 10.5. The van der Waals surface area contributed by atoms with Crippen LogP contribution in [0.15, 0.2) is 66.1 Å². The number of carbonyl (C=O) groups is 1. The Morgan fingerprint density at radius 1 is 0.974 bits per heavy atom. The highest BCUT2D eigenvalue weighted by atomic mass is 19.1. The second-order valence-electron chi connectivity index (χ2n) is 10.5. The molecule has 2 aromatic carbocycles. The van der Waals surface area contributed by atoms with Crippen molar-refractivity contribution in [3.8, 4) is 11.1 Å². The minimum Gasteiger partial charge on any atom is -0.449 e. The number of amides is 1. The lowest BCUT2D eigenvalue weighted by Crippen LogP contribution is -2.41. The molecule has 1 N–H and O–H groups in total.